The fourth-order valence-electron chi connectivity index (χ4n) is 0.554. The molecule has 0 radical (unpaired) electrons. The zero-order chi connectivity index (χ0) is 8.85. The van der Waals surface area contributed by atoms with Gasteiger partial charge in [0.05, 0.1) is 4.47 Å². The first kappa shape index (κ1) is 10.4. The topological polar surface area (TPSA) is 32.9 Å². The van der Waals surface area contributed by atoms with Gasteiger partial charge in [-0.05, 0) is 35.0 Å². The molecule has 0 unspecified atom stereocenters. The van der Waals surface area contributed by atoms with Crippen molar-refractivity contribution in [3.8, 4) is 0 Å². The Morgan fingerprint density at radius 2 is 1.91 bits per heavy atom. The number of halogens is 1. The van der Waals surface area contributed by atoms with E-state index in [1.54, 1.807) is 6.07 Å². The number of pyridine rings is 1. The van der Waals surface area contributed by atoms with Crippen molar-refractivity contribution in [2.45, 2.75) is 20.8 Å². The Kier molecular flexibility index (Phi) is 4.86. The van der Waals surface area contributed by atoms with Crippen molar-refractivity contribution in [3.05, 3.63) is 32.7 Å². The number of aryl methyl sites for hydroxylation is 1. The summed E-state index contributed by atoms with van der Waals surface area (Å²) in [4.78, 5) is 13.4. The summed E-state index contributed by atoms with van der Waals surface area (Å²) in [5, 5.41) is 0. The maximum absolute atomic E-state index is 10.7. The summed E-state index contributed by atoms with van der Waals surface area (Å²) in [6.07, 6.45) is 0. The van der Waals surface area contributed by atoms with Gasteiger partial charge in [0.2, 0.25) is 0 Å². The van der Waals surface area contributed by atoms with E-state index in [0.717, 1.165) is 5.69 Å². The molecule has 0 aliphatic carbocycles. The van der Waals surface area contributed by atoms with Crippen LogP contribution in [0.3, 0.4) is 0 Å². The average molecular weight is 218 g/mol. The number of aromatic nitrogens is 1. The van der Waals surface area contributed by atoms with E-state index in [2.05, 4.69) is 20.9 Å². The molecule has 1 aromatic heterocycles. The molecule has 1 rings (SSSR count). The molecule has 0 saturated carbocycles. The SMILES string of the molecule is CC.Cc1ccc(Br)c(=O)[nH]1. The second-order valence-corrected chi connectivity index (χ2v) is 2.67. The lowest BCUT2D eigenvalue weighted by atomic mass is 10.4. The van der Waals surface area contributed by atoms with Crippen molar-refractivity contribution in [2.24, 2.45) is 0 Å². The molecule has 3 heteroatoms. The minimum absolute atomic E-state index is 0.0741. The molecule has 11 heavy (non-hydrogen) atoms. The Morgan fingerprint density at radius 1 is 1.36 bits per heavy atom. The molecule has 1 N–H and O–H groups in total. The molecule has 0 spiro atoms. The normalized spacial score (nSPS) is 8.36. The highest BCUT2D eigenvalue weighted by Crippen LogP contribution is 2.00. The molecule has 2 nitrogen and oxygen atoms in total. The lowest BCUT2D eigenvalue weighted by Gasteiger charge is -1.89. The minimum atomic E-state index is -0.0741. The molecule has 0 aliphatic rings. The van der Waals surface area contributed by atoms with Crippen molar-refractivity contribution in [2.75, 3.05) is 0 Å². The number of H-pyrrole nitrogens is 1. The van der Waals surface area contributed by atoms with E-state index in [4.69, 9.17) is 0 Å². The number of hydrogen-bond acceptors (Lipinski definition) is 1. The Morgan fingerprint density at radius 3 is 2.27 bits per heavy atom. The van der Waals surface area contributed by atoms with Crippen molar-refractivity contribution in [3.63, 3.8) is 0 Å². The monoisotopic (exact) mass is 217 g/mol. The Hall–Kier alpha value is -0.570. The van der Waals surface area contributed by atoms with Crippen molar-refractivity contribution in [1.29, 1.82) is 0 Å². The molecular formula is C8H12BrNO. The smallest absolute Gasteiger partial charge is 0.262 e. The highest BCUT2D eigenvalue weighted by Gasteiger charge is 1.90. The summed E-state index contributed by atoms with van der Waals surface area (Å²) >= 11 is 3.09. The van der Waals surface area contributed by atoms with Crippen LogP contribution < -0.4 is 5.56 Å². The number of aromatic amines is 1. The van der Waals surface area contributed by atoms with Crippen LogP contribution in [0, 0.1) is 6.92 Å². The first-order valence-corrected chi connectivity index (χ1v) is 4.35. The van der Waals surface area contributed by atoms with Crippen LogP contribution in [0.2, 0.25) is 0 Å². The van der Waals surface area contributed by atoms with Crippen molar-refractivity contribution in [1.82, 2.24) is 4.98 Å². The maximum atomic E-state index is 10.7. The number of rotatable bonds is 0. The van der Waals surface area contributed by atoms with Gasteiger partial charge in [0.25, 0.3) is 5.56 Å². The molecule has 0 saturated heterocycles. The Labute approximate surface area is 74.8 Å². The molecule has 0 bridgehead atoms. The lowest BCUT2D eigenvalue weighted by Crippen LogP contribution is -2.06. The van der Waals surface area contributed by atoms with Gasteiger partial charge in [-0.3, -0.25) is 4.79 Å². The molecule has 0 atom stereocenters. The molecule has 0 aliphatic heterocycles. The van der Waals surface area contributed by atoms with E-state index in [1.165, 1.54) is 0 Å². The van der Waals surface area contributed by atoms with Crippen LogP contribution in [-0.4, -0.2) is 4.98 Å². The molecule has 0 amide bonds. The third-order valence-electron chi connectivity index (χ3n) is 1.01. The summed E-state index contributed by atoms with van der Waals surface area (Å²) in [5.74, 6) is 0. The summed E-state index contributed by atoms with van der Waals surface area (Å²) < 4.78 is 0.577. The second kappa shape index (κ2) is 5.13. The third-order valence-corrected chi connectivity index (χ3v) is 1.63. The molecular weight excluding hydrogens is 206 g/mol. The second-order valence-electron chi connectivity index (χ2n) is 1.82. The molecule has 0 fully saturated rings. The fourth-order valence-corrected chi connectivity index (χ4v) is 0.786. The summed E-state index contributed by atoms with van der Waals surface area (Å²) in [6, 6.07) is 3.57. The van der Waals surface area contributed by atoms with Crippen LogP contribution >= 0.6 is 15.9 Å². The Balaban J connectivity index is 0.000000461. The van der Waals surface area contributed by atoms with E-state index in [-0.39, 0.29) is 5.56 Å². The van der Waals surface area contributed by atoms with Gasteiger partial charge < -0.3 is 4.98 Å². The number of hydrogen-bond donors (Lipinski definition) is 1. The third kappa shape index (κ3) is 3.37. The number of nitrogens with one attached hydrogen (secondary N) is 1. The zero-order valence-electron chi connectivity index (χ0n) is 6.94. The van der Waals surface area contributed by atoms with Crippen LogP contribution in [0.1, 0.15) is 19.5 Å². The molecule has 0 aromatic carbocycles. The van der Waals surface area contributed by atoms with Crippen molar-refractivity contribution < 1.29 is 0 Å². The van der Waals surface area contributed by atoms with Gasteiger partial charge in [0, 0.05) is 5.69 Å². The largest absolute Gasteiger partial charge is 0.326 e. The first-order valence-electron chi connectivity index (χ1n) is 3.55. The fraction of sp³-hybridized carbons (Fsp3) is 0.375. The van der Waals surface area contributed by atoms with Gasteiger partial charge in [0.1, 0.15) is 0 Å². The predicted octanol–water partition coefficient (Wildman–Crippen LogP) is 2.47. The van der Waals surface area contributed by atoms with E-state index < -0.39 is 0 Å². The maximum Gasteiger partial charge on any atom is 0.262 e. The van der Waals surface area contributed by atoms with Crippen LogP contribution in [0.15, 0.2) is 21.4 Å². The van der Waals surface area contributed by atoms with Crippen LogP contribution in [0.25, 0.3) is 0 Å². The highest BCUT2D eigenvalue weighted by molar-refractivity contribution is 9.10. The van der Waals surface area contributed by atoms with Crippen LogP contribution in [-0.2, 0) is 0 Å². The van der Waals surface area contributed by atoms with Crippen LogP contribution in [0.4, 0.5) is 0 Å². The van der Waals surface area contributed by atoms with E-state index in [0.29, 0.717) is 4.47 Å². The average Bonchev–Trinajstić information content (AvgIpc) is 2.02. The highest BCUT2D eigenvalue weighted by atomic mass is 79.9. The predicted molar refractivity (Wildman–Crippen MR) is 50.8 cm³/mol. The minimum Gasteiger partial charge on any atom is -0.326 e. The molecule has 1 heterocycles. The lowest BCUT2D eigenvalue weighted by molar-refractivity contribution is 1.13. The van der Waals surface area contributed by atoms with Gasteiger partial charge >= 0.3 is 0 Å². The van der Waals surface area contributed by atoms with Crippen LogP contribution in [0.5, 0.6) is 0 Å². The van der Waals surface area contributed by atoms with Crippen molar-refractivity contribution >= 4 is 15.9 Å². The summed E-state index contributed by atoms with van der Waals surface area (Å²) in [7, 11) is 0. The summed E-state index contributed by atoms with van der Waals surface area (Å²) in [5.41, 5.74) is 0.804. The van der Waals surface area contributed by atoms with E-state index in [1.807, 2.05) is 26.8 Å². The quantitative estimate of drug-likeness (QED) is 0.712. The first-order chi connectivity index (χ1) is 5.20. The van der Waals surface area contributed by atoms with Gasteiger partial charge in [-0.1, -0.05) is 13.8 Å². The standard InChI is InChI=1S/C6H6BrNO.C2H6/c1-4-2-3-5(7)6(9)8-4;1-2/h2-3H,1H3,(H,8,9);1-2H3. The van der Waals surface area contributed by atoms with E-state index >= 15 is 0 Å². The van der Waals surface area contributed by atoms with Gasteiger partial charge in [-0.2, -0.15) is 0 Å². The molecule has 1 aromatic rings. The van der Waals surface area contributed by atoms with Gasteiger partial charge in [-0.25, -0.2) is 0 Å². The molecule has 62 valence electrons. The van der Waals surface area contributed by atoms with Gasteiger partial charge in [-0.15, -0.1) is 0 Å². The zero-order valence-corrected chi connectivity index (χ0v) is 8.53. The summed E-state index contributed by atoms with van der Waals surface area (Å²) in [6.45, 7) is 5.84. The Bertz CT molecular complexity index is 267. The van der Waals surface area contributed by atoms with E-state index in [9.17, 15) is 4.79 Å². The van der Waals surface area contributed by atoms with Gasteiger partial charge in [0.15, 0.2) is 0 Å².